The van der Waals surface area contributed by atoms with Gasteiger partial charge < -0.3 is 9.88 Å². The van der Waals surface area contributed by atoms with Crippen molar-refractivity contribution >= 4 is 5.91 Å². The minimum atomic E-state index is 0.146. The maximum atomic E-state index is 11.3. The Morgan fingerprint density at radius 3 is 2.93 bits per heavy atom. The lowest BCUT2D eigenvalue weighted by Gasteiger charge is -2.04. The first-order chi connectivity index (χ1) is 6.74. The van der Waals surface area contributed by atoms with E-state index in [0.29, 0.717) is 6.42 Å². The van der Waals surface area contributed by atoms with E-state index in [1.807, 2.05) is 29.9 Å². The monoisotopic (exact) mass is 194 g/mol. The fourth-order valence-electron chi connectivity index (χ4n) is 1.35. The van der Waals surface area contributed by atoms with Gasteiger partial charge in [-0.15, -0.1) is 0 Å². The van der Waals surface area contributed by atoms with E-state index in [-0.39, 0.29) is 5.91 Å². The van der Waals surface area contributed by atoms with E-state index in [4.69, 9.17) is 0 Å². The molecule has 1 heterocycles. The SMILES string of the molecule is CCCNC(=O)CCc1cccn1C. The van der Waals surface area contributed by atoms with Gasteiger partial charge in [0.25, 0.3) is 0 Å². The molecule has 1 aromatic heterocycles. The zero-order valence-corrected chi connectivity index (χ0v) is 8.92. The van der Waals surface area contributed by atoms with Crippen LogP contribution in [-0.4, -0.2) is 17.0 Å². The molecule has 3 heteroatoms. The lowest BCUT2D eigenvalue weighted by Crippen LogP contribution is -2.24. The number of hydrogen-bond donors (Lipinski definition) is 1. The van der Waals surface area contributed by atoms with Gasteiger partial charge in [0.15, 0.2) is 0 Å². The molecule has 0 aliphatic heterocycles. The minimum absolute atomic E-state index is 0.146. The molecule has 14 heavy (non-hydrogen) atoms. The summed E-state index contributed by atoms with van der Waals surface area (Å²) in [6.07, 6.45) is 4.39. The van der Waals surface area contributed by atoms with Crippen LogP contribution in [0.2, 0.25) is 0 Å². The Bertz CT molecular complexity index is 291. The fraction of sp³-hybridized carbons (Fsp3) is 0.545. The van der Waals surface area contributed by atoms with E-state index in [9.17, 15) is 4.79 Å². The second kappa shape index (κ2) is 5.47. The molecule has 0 aliphatic rings. The van der Waals surface area contributed by atoms with Gasteiger partial charge >= 0.3 is 0 Å². The highest BCUT2D eigenvalue weighted by molar-refractivity contribution is 5.76. The lowest BCUT2D eigenvalue weighted by atomic mass is 10.2. The maximum absolute atomic E-state index is 11.3. The highest BCUT2D eigenvalue weighted by atomic mass is 16.1. The number of carbonyl (C=O) groups excluding carboxylic acids is 1. The highest BCUT2D eigenvalue weighted by Crippen LogP contribution is 2.02. The van der Waals surface area contributed by atoms with Gasteiger partial charge in [-0.05, 0) is 25.0 Å². The number of aromatic nitrogens is 1. The van der Waals surface area contributed by atoms with Gasteiger partial charge in [0.1, 0.15) is 0 Å². The van der Waals surface area contributed by atoms with Crippen molar-refractivity contribution in [3.8, 4) is 0 Å². The van der Waals surface area contributed by atoms with Gasteiger partial charge in [0.05, 0.1) is 0 Å². The largest absolute Gasteiger partial charge is 0.356 e. The summed E-state index contributed by atoms with van der Waals surface area (Å²) >= 11 is 0. The number of hydrogen-bond acceptors (Lipinski definition) is 1. The van der Waals surface area contributed by atoms with Crippen molar-refractivity contribution in [2.24, 2.45) is 7.05 Å². The Hall–Kier alpha value is -1.25. The highest BCUT2D eigenvalue weighted by Gasteiger charge is 2.02. The molecule has 1 N–H and O–H groups in total. The average Bonchev–Trinajstić information content (AvgIpc) is 2.58. The summed E-state index contributed by atoms with van der Waals surface area (Å²) in [7, 11) is 2.00. The van der Waals surface area contributed by atoms with Crippen molar-refractivity contribution in [3.63, 3.8) is 0 Å². The third-order valence-electron chi connectivity index (χ3n) is 2.23. The van der Waals surface area contributed by atoms with Gasteiger partial charge in [-0.25, -0.2) is 0 Å². The number of nitrogens with zero attached hydrogens (tertiary/aromatic N) is 1. The van der Waals surface area contributed by atoms with Crippen LogP contribution in [0, 0.1) is 0 Å². The third-order valence-corrected chi connectivity index (χ3v) is 2.23. The van der Waals surface area contributed by atoms with Gasteiger partial charge in [0, 0.05) is 31.9 Å². The molecule has 0 spiro atoms. The fourth-order valence-corrected chi connectivity index (χ4v) is 1.35. The van der Waals surface area contributed by atoms with Crippen molar-refractivity contribution in [1.82, 2.24) is 9.88 Å². The van der Waals surface area contributed by atoms with Crippen LogP contribution in [0.3, 0.4) is 0 Å². The smallest absolute Gasteiger partial charge is 0.220 e. The van der Waals surface area contributed by atoms with Gasteiger partial charge in [0.2, 0.25) is 5.91 Å². The van der Waals surface area contributed by atoms with Crippen LogP contribution in [0.25, 0.3) is 0 Å². The zero-order chi connectivity index (χ0) is 10.4. The topological polar surface area (TPSA) is 34.0 Å². The Balaban J connectivity index is 2.27. The van der Waals surface area contributed by atoms with Gasteiger partial charge in [-0.2, -0.15) is 0 Å². The van der Waals surface area contributed by atoms with Crippen molar-refractivity contribution in [3.05, 3.63) is 24.0 Å². The maximum Gasteiger partial charge on any atom is 0.220 e. The molecule has 0 atom stereocenters. The standard InChI is InChI=1S/C11H18N2O/c1-3-8-12-11(14)7-6-10-5-4-9-13(10)2/h4-5,9H,3,6-8H2,1-2H3,(H,12,14). The predicted octanol–water partition coefficient (Wildman–Crippen LogP) is 1.48. The van der Waals surface area contributed by atoms with E-state index in [2.05, 4.69) is 12.2 Å². The van der Waals surface area contributed by atoms with E-state index < -0.39 is 0 Å². The molecule has 0 aromatic carbocycles. The normalized spacial score (nSPS) is 10.1. The molecule has 1 amide bonds. The quantitative estimate of drug-likeness (QED) is 0.757. The Labute approximate surface area is 85.1 Å². The molecular formula is C11H18N2O. The molecular weight excluding hydrogens is 176 g/mol. The first-order valence-electron chi connectivity index (χ1n) is 5.11. The van der Waals surface area contributed by atoms with Crippen molar-refractivity contribution in [1.29, 1.82) is 0 Å². The van der Waals surface area contributed by atoms with Crippen LogP contribution in [0.15, 0.2) is 18.3 Å². The summed E-state index contributed by atoms with van der Waals surface area (Å²) in [6, 6.07) is 4.05. The van der Waals surface area contributed by atoms with E-state index in [0.717, 1.165) is 19.4 Å². The van der Waals surface area contributed by atoms with Gasteiger partial charge in [-0.1, -0.05) is 6.92 Å². The zero-order valence-electron chi connectivity index (χ0n) is 8.92. The molecule has 0 bridgehead atoms. The van der Waals surface area contributed by atoms with E-state index >= 15 is 0 Å². The lowest BCUT2D eigenvalue weighted by molar-refractivity contribution is -0.121. The van der Waals surface area contributed by atoms with Crippen LogP contribution >= 0.6 is 0 Å². The number of amides is 1. The number of carbonyl (C=O) groups is 1. The number of nitrogens with one attached hydrogen (secondary N) is 1. The molecule has 0 unspecified atom stereocenters. The van der Waals surface area contributed by atoms with E-state index in [1.165, 1.54) is 5.69 Å². The van der Waals surface area contributed by atoms with Crippen LogP contribution in [0.1, 0.15) is 25.5 Å². The summed E-state index contributed by atoms with van der Waals surface area (Å²) in [4.78, 5) is 11.3. The van der Waals surface area contributed by atoms with Gasteiger partial charge in [-0.3, -0.25) is 4.79 Å². The molecule has 0 fully saturated rings. The summed E-state index contributed by atoms with van der Waals surface area (Å²) in [6.45, 7) is 2.84. The second-order valence-electron chi connectivity index (χ2n) is 3.46. The molecule has 1 aromatic rings. The minimum Gasteiger partial charge on any atom is -0.356 e. The number of rotatable bonds is 5. The van der Waals surface area contributed by atoms with Crippen molar-refractivity contribution < 1.29 is 4.79 Å². The van der Waals surface area contributed by atoms with Crippen LogP contribution in [0.5, 0.6) is 0 Å². The Kier molecular flexibility index (Phi) is 4.23. The third kappa shape index (κ3) is 3.24. The molecule has 78 valence electrons. The Morgan fingerprint density at radius 2 is 2.36 bits per heavy atom. The summed E-state index contributed by atoms with van der Waals surface area (Å²) < 4.78 is 2.05. The molecule has 0 radical (unpaired) electrons. The van der Waals surface area contributed by atoms with Crippen molar-refractivity contribution in [2.45, 2.75) is 26.2 Å². The summed E-state index contributed by atoms with van der Waals surface area (Å²) in [5.41, 5.74) is 1.21. The van der Waals surface area contributed by atoms with Crippen molar-refractivity contribution in [2.75, 3.05) is 6.54 Å². The summed E-state index contributed by atoms with van der Waals surface area (Å²) in [5.74, 6) is 0.146. The Morgan fingerprint density at radius 1 is 1.57 bits per heavy atom. The second-order valence-corrected chi connectivity index (χ2v) is 3.46. The molecule has 0 aliphatic carbocycles. The van der Waals surface area contributed by atoms with Crippen LogP contribution < -0.4 is 5.32 Å². The number of aryl methyl sites for hydroxylation is 2. The summed E-state index contributed by atoms with van der Waals surface area (Å²) in [5, 5.41) is 2.87. The molecule has 0 saturated carbocycles. The first-order valence-corrected chi connectivity index (χ1v) is 5.11. The molecule has 0 saturated heterocycles. The predicted molar refractivity (Wildman–Crippen MR) is 57.0 cm³/mol. The van der Waals surface area contributed by atoms with Crippen LogP contribution in [0.4, 0.5) is 0 Å². The molecule has 1 rings (SSSR count). The van der Waals surface area contributed by atoms with Crippen LogP contribution in [-0.2, 0) is 18.3 Å². The average molecular weight is 194 g/mol. The molecule has 3 nitrogen and oxygen atoms in total. The van der Waals surface area contributed by atoms with E-state index in [1.54, 1.807) is 0 Å². The first kappa shape index (κ1) is 10.8.